The number of ether oxygens (including phenoxy) is 1. The highest BCUT2D eigenvalue weighted by Gasteiger charge is 2.53. The summed E-state index contributed by atoms with van der Waals surface area (Å²) in [4.78, 5) is 4.62. The molecule has 1 saturated carbocycles. The number of amidine groups is 1. The molecule has 0 aromatic heterocycles. The highest BCUT2D eigenvalue weighted by molar-refractivity contribution is 8.13. The molecule has 0 saturated heterocycles. The molecular formula is C14H19FN3O2S+. The number of hydrogen-bond acceptors (Lipinski definition) is 5. The molecule has 3 unspecified atom stereocenters. The van der Waals surface area contributed by atoms with Crippen molar-refractivity contribution < 1.29 is 19.8 Å². The van der Waals surface area contributed by atoms with Crippen molar-refractivity contribution in [3.63, 3.8) is 0 Å². The van der Waals surface area contributed by atoms with E-state index in [0.717, 1.165) is 17.7 Å². The maximum absolute atomic E-state index is 14.4. The molecule has 1 aliphatic carbocycles. The maximum atomic E-state index is 14.4. The van der Waals surface area contributed by atoms with Crippen molar-refractivity contribution in [2.24, 2.45) is 16.6 Å². The Balaban J connectivity index is 2.14. The van der Waals surface area contributed by atoms with Gasteiger partial charge in [-0.25, -0.2) is 9.60 Å². The van der Waals surface area contributed by atoms with Crippen LogP contribution in [-0.2, 0) is 10.3 Å². The molecule has 0 bridgehead atoms. The van der Waals surface area contributed by atoms with Gasteiger partial charge in [0.2, 0.25) is 0 Å². The molecule has 7 heteroatoms. The number of hydrogen-bond donors (Lipinski definition) is 3. The molecule has 2 aliphatic rings. The van der Waals surface area contributed by atoms with Crippen LogP contribution in [0.5, 0.6) is 0 Å². The zero-order chi connectivity index (χ0) is 15.0. The number of benzene rings is 1. The van der Waals surface area contributed by atoms with E-state index >= 15 is 0 Å². The van der Waals surface area contributed by atoms with Crippen molar-refractivity contribution >= 4 is 22.6 Å². The van der Waals surface area contributed by atoms with Gasteiger partial charge in [0, 0.05) is 36.5 Å². The number of rotatable bonds is 3. The maximum Gasteiger partial charge on any atom is 0.162 e. The fourth-order valence-corrected chi connectivity index (χ4v) is 4.54. The summed E-state index contributed by atoms with van der Waals surface area (Å²) in [6.45, 7) is 0. The van der Waals surface area contributed by atoms with Crippen LogP contribution in [0.4, 0.5) is 10.1 Å². The van der Waals surface area contributed by atoms with Gasteiger partial charge >= 0.3 is 0 Å². The summed E-state index contributed by atoms with van der Waals surface area (Å²) >= 11 is 1.49. The Morgan fingerprint density at radius 1 is 1.57 bits per heavy atom. The van der Waals surface area contributed by atoms with E-state index in [4.69, 9.17) is 10.5 Å². The van der Waals surface area contributed by atoms with Crippen molar-refractivity contribution in [1.82, 2.24) is 0 Å². The molecule has 1 heterocycles. The van der Waals surface area contributed by atoms with E-state index in [1.165, 1.54) is 23.9 Å². The third-order valence-electron chi connectivity index (χ3n) is 4.50. The van der Waals surface area contributed by atoms with E-state index in [1.807, 2.05) is 0 Å². The van der Waals surface area contributed by atoms with Crippen LogP contribution in [0.15, 0.2) is 23.2 Å². The van der Waals surface area contributed by atoms with Crippen LogP contribution in [0.1, 0.15) is 18.4 Å². The predicted octanol–water partition coefficient (Wildman–Crippen LogP) is 1.09. The number of nitrogens with two attached hydrogens (primary N) is 2. The van der Waals surface area contributed by atoms with Gasteiger partial charge < -0.3 is 10.5 Å². The van der Waals surface area contributed by atoms with E-state index in [0.29, 0.717) is 22.8 Å². The standard InChI is InChI=1S/C14H18FN3O2S/c1-20-12-4-5-14(10(12)7-21-13(16)17-14)9-6-8(18-19)2-3-11(9)15/h2-3,6,10,12,18-19H,4-5,7H2,1H3,(H2,16,17)/p+1. The second kappa shape index (κ2) is 5.57. The summed E-state index contributed by atoms with van der Waals surface area (Å²) in [5, 5.41) is 9.69. The Labute approximate surface area is 126 Å². The van der Waals surface area contributed by atoms with Gasteiger partial charge in [0.05, 0.1) is 11.6 Å². The van der Waals surface area contributed by atoms with E-state index < -0.39 is 5.54 Å². The van der Waals surface area contributed by atoms with Crippen molar-refractivity contribution in [2.45, 2.75) is 24.5 Å². The molecule has 1 aromatic carbocycles. The highest BCUT2D eigenvalue weighted by atomic mass is 32.2. The van der Waals surface area contributed by atoms with Crippen molar-refractivity contribution in [1.29, 1.82) is 0 Å². The van der Waals surface area contributed by atoms with Crippen LogP contribution >= 0.6 is 11.8 Å². The summed E-state index contributed by atoms with van der Waals surface area (Å²) in [6.07, 6.45) is 1.57. The lowest BCUT2D eigenvalue weighted by Gasteiger charge is -2.37. The van der Waals surface area contributed by atoms with E-state index in [-0.39, 0.29) is 17.8 Å². The van der Waals surface area contributed by atoms with Crippen LogP contribution in [0, 0.1) is 11.7 Å². The van der Waals surface area contributed by atoms with Gasteiger partial charge in [-0.15, -0.1) is 0 Å². The minimum absolute atomic E-state index is 0.0514. The third-order valence-corrected chi connectivity index (χ3v) is 5.41. The number of methoxy groups -OCH3 is 1. The van der Waals surface area contributed by atoms with Crippen LogP contribution < -0.4 is 11.2 Å². The van der Waals surface area contributed by atoms with Gasteiger partial charge in [-0.2, -0.15) is 5.48 Å². The number of quaternary nitrogens is 1. The molecule has 5 nitrogen and oxygen atoms in total. The van der Waals surface area contributed by atoms with Crippen molar-refractivity contribution in [2.75, 3.05) is 12.9 Å². The lowest BCUT2D eigenvalue weighted by atomic mass is 9.80. The summed E-state index contributed by atoms with van der Waals surface area (Å²) in [7, 11) is 1.68. The number of nitrogens with zero attached hydrogens (tertiary/aromatic N) is 1. The van der Waals surface area contributed by atoms with Gasteiger partial charge in [-0.1, -0.05) is 11.8 Å². The number of fused-ring (bicyclic) bond motifs is 1. The zero-order valence-electron chi connectivity index (χ0n) is 11.8. The average Bonchev–Trinajstić information content (AvgIpc) is 2.86. The highest BCUT2D eigenvalue weighted by Crippen LogP contribution is 2.52. The first-order valence-corrected chi connectivity index (χ1v) is 7.87. The molecule has 1 aliphatic heterocycles. The van der Waals surface area contributed by atoms with Gasteiger partial charge in [0.25, 0.3) is 0 Å². The van der Waals surface area contributed by atoms with Crippen molar-refractivity contribution in [3.8, 4) is 0 Å². The molecule has 1 fully saturated rings. The summed E-state index contributed by atoms with van der Waals surface area (Å²) in [5.41, 5.74) is 7.27. The normalized spacial score (nSPS) is 31.9. The SMILES string of the molecule is COC1CCC2(c3cc([NH2+]O)ccc3F)N=C(N)SCC12. The third kappa shape index (κ3) is 2.34. The average molecular weight is 312 g/mol. The predicted molar refractivity (Wildman–Crippen MR) is 79.1 cm³/mol. The lowest BCUT2D eigenvalue weighted by Crippen LogP contribution is -2.73. The largest absolute Gasteiger partial charge is 0.381 e. The van der Waals surface area contributed by atoms with E-state index in [9.17, 15) is 9.60 Å². The molecule has 0 radical (unpaired) electrons. The molecular weight excluding hydrogens is 293 g/mol. The van der Waals surface area contributed by atoms with E-state index in [1.54, 1.807) is 13.2 Å². The van der Waals surface area contributed by atoms with Gasteiger partial charge in [0.15, 0.2) is 10.9 Å². The molecule has 0 amide bonds. The monoisotopic (exact) mass is 312 g/mol. The number of halogens is 1. The Morgan fingerprint density at radius 2 is 2.38 bits per heavy atom. The Morgan fingerprint density at radius 3 is 3.10 bits per heavy atom. The summed E-state index contributed by atoms with van der Waals surface area (Å²) in [6, 6.07) is 4.57. The van der Waals surface area contributed by atoms with Gasteiger partial charge in [0.1, 0.15) is 5.82 Å². The quantitative estimate of drug-likeness (QED) is 0.576. The number of aliphatic imine (C=N–C) groups is 1. The lowest BCUT2D eigenvalue weighted by molar-refractivity contribution is -0.825. The minimum atomic E-state index is -0.681. The Hall–Kier alpha value is -1.15. The molecule has 21 heavy (non-hydrogen) atoms. The van der Waals surface area contributed by atoms with Gasteiger partial charge in [-0.3, -0.25) is 4.99 Å². The first kappa shape index (κ1) is 14.8. The smallest absolute Gasteiger partial charge is 0.162 e. The molecule has 1 aromatic rings. The summed E-state index contributed by atoms with van der Waals surface area (Å²) < 4.78 is 20.0. The first-order valence-electron chi connectivity index (χ1n) is 6.89. The molecule has 3 rings (SSSR count). The second-order valence-electron chi connectivity index (χ2n) is 5.47. The number of thioether (sulfide) groups is 1. The van der Waals surface area contributed by atoms with Gasteiger partial charge in [-0.05, 0) is 18.9 Å². The summed E-state index contributed by atoms with van der Waals surface area (Å²) in [5.74, 6) is 0.536. The fourth-order valence-electron chi connectivity index (χ4n) is 3.48. The second-order valence-corrected chi connectivity index (χ2v) is 6.51. The van der Waals surface area contributed by atoms with Crippen LogP contribution in [0.3, 0.4) is 0 Å². The zero-order valence-corrected chi connectivity index (χ0v) is 12.6. The first-order chi connectivity index (χ1) is 10.1. The molecule has 114 valence electrons. The molecule has 3 atom stereocenters. The topological polar surface area (TPSA) is 84.5 Å². The fraction of sp³-hybridized carbons (Fsp3) is 0.500. The van der Waals surface area contributed by atoms with Crippen LogP contribution in [-0.4, -0.2) is 29.3 Å². The van der Waals surface area contributed by atoms with Crippen LogP contribution in [0.25, 0.3) is 0 Å². The van der Waals surface area contributed by atoms with E-state index in [2.05, 4.69) is 4.99 Å². The molecule has 0 spiro atoms. The van der Waals surface area contributed by atoms with Crippen molar-refractivity contribution in [3.05, 3.63) is 29.6 Å². The Kier molecular flexibility index (Phi) is 3.92. The Bertz CT molecular complexity index is 583. The minimum Gasteiger partial charge on any atom is -0.381 e. The molecule has 5 N–H and O–H groups in total. The van der Waals surface area contributed by atoms with Crippen LogP contribution in [0.2, 0.25) is 0 Å².